The van der Waals surface area contributed by atoms with Crippen LogP contribution in [0.3, 0.4) is 0 Å². The normalized spacial score (nSPS) is 11.9. The van der Waals surface area contributed by atoms with Crippen LogP contribution < -0.4 is 5.32 Å². The molecule has 92 valence electrons. The Kier molecular flexibility index (Phi) is 3.78. The molecule has 0 unspecified atom stereocenters. The second-order valence-electron chi connectivity index (χ2n) is 4.40. The Morgan fingerprint density at radius 2 is 1.61 bits per heavy atom. The van der Waals surface area contributed by atoms with E-state index in [0.717, 1.165) is 11.3 Å². The van der Waals surface area contributed by atoms with Gasteiger partial charge in [0.2, 0.25) is 5.91 Å². The number of hydrogen-bond donors (Lipinski definition) is 1. The van der Waals surface area contributed by atoms with Gasteiger partial charge in [-0.2, -0.15) is 0 Å². The molecular formula is C16H17NO. The molecular weight excluding hydrogens is 222 g/mol. The van der Waals surface area contributed by atoms with Gasteiger partial charge in [-0.1, -0.05) is 55.5 Å². The quantitative estimate of drug-likeness (QED) is 0.867. The summed E-state index contributed by atoms with van der Waals surface area (Å²) in [6.07, 6.45) is 0. The number of anilines is 1. The average Bonchev–Trinajstić information content (AvgIpc) is 2.39. The molecule has 2 aromatic rings. The van der Waals surface area contributed by atoms with Gasteiger partial charge in [0.15, 0.2) is 0 Å². The summed E-state index contributed by atoms with van der Waals surface area (Å²) in [7, 11) is 0. The van der Waals surface area contributed by atoms with E-state index < -0.39 is 0 Å². The third-order valence-electron chi connectivity index (χ3n) is 3.04. The zero-order valence-corrected chi connectivity index (χ0v) is 10.7. The highest BCUT2D eigenvalue weighted by molar-refractivity contribution is 5.89. The van der Waals surface area contributed by atoms with Crippen molar-refractivity contribution < 1.29 is 4.79 Å². The minimum Gasteiger partial charge on any atom is -0.326 e. The lowest BCUT2D eigenvalue weighted by molar-refractivity contribution is -0.114. The van der Waals surface area contributed by atoms with E-state index in [1.165, 1.54) is 12.5 Å². The van der Waals surface area contributed by atoms with E-state index in [0.29, 0.717) is 0 Å². The second-order valence-corrected chi connectivity index (χ2v) is 4.40. The van der Waals surface area contributed by atoms with Crippen molar-refractivity contribution in [1.82, 2.24) is 0 Å². The maximum Gasteiger partial charge on any atom is 0.221 e. The molecule has 0 aliphatic carbocycles. The van der Waals surface area contributed by atoms with Crippen LogP contribution in [0.15, 0.2) is 54.6 Å². The molecule has 0 saturated heterocycles. The van der Waals surface area contributed by atoms with Crippen LogP contribution >= 0.6 is 0 Å². The highest BCUT2D eigenvalue weighted by Crippen LogP contribution is 2.29. The van der Waals surface area contributed by atoms with Gasteiger partial charge in [-0.3, -0.25) is 4.79 Å². The molecule has 0 aromatic heterocycles. The Balaban J connectivity index is 2.36. The highest BCUT2D eigenvalue weighted by atomic mass is 16.1. The molecule has 0 aliphatic rings. The summed E-state index contributed by atoms with van der Waals surface area (Å²) in [6, 6.07) is 18.2. The summed E-state index contributed by atoms with van der Waals surface area (Å²) in [4.78, 5) is 11.2. The van der Waals surface area contributed by atoms with E-state index >= 15 is 0 Å². The SMILES string of the molecule is CC(=O)Nc1ccccc1[C@H](C)c1ccccc1. The van der Waals surface area contributed by atoms with Crippen molar-refractivity contribution >= 4 is 11.6 Å². The van der Waals surface area contributed by atoms with Crippen molar-refractivity contribution in [3.63, 3.8) is 0 Å². The first-order chi connectivity index (χ1) is 8.68. The van der Waals surface area contributed by atoms with Crippen LogP contribution in [0, 0.1) is 0 Å². The van der Waals surface area contributed by atoms with Crippen LogP contribution in [-0.2, 0) is 4.79 Å². The fourth-order valence-electron chi connectivity index (χ4n) is 2.10. The summed E-state index contributed by atoms with van der Waals surface area (Å²) in [6.45, 7) is 3.68. The van der Waals surface area contributed by atoms with E-state index in [1.807, 2.05) is 36.4 Å². The molecule has 0 fully saturated rings. The van der Waals surface area contributed by atoms with Crippen LogP contribution in [0.2, 0.25) is 0 Å². The smallest absolute Gasteiger partial charge is 0.221 e. The Hall–Kier alpha value is -2.09. The minimum atomic E-state index is -0.0392. The van der Waals surface area contributed by atoms with Gasteiger partial charge in [0, 0.05) is 18.5 Å². The van der Waals surface area contributed by atoms with Gasteiger partial charge in [-0.05, 0) is 17.2 Å². The lowest BCUT2D eigenvalue weighted by Crippen LogP contribution is -2.09. The Morgan fingerprint density at radius 3 is 2.28 bits per heavy atom. The summed E-state index contributed by atoms with van der Waals surface area (Å²) >= 11 is 0. The first-order valence-electron chi connectivity index (χ1n) is 6.10. The lowest BCUT2D eigenvalue weighted by atomic mass is 9.92. The lowest BCUT2D eigenvalue weighted by Gasteiger charge is -2.17. The predicted octanol–water partition coefficient (Wildman–Crippen LogP) is 3.80. The fraction of sp³-hybridized carbons (Fsp3) is 0.188. The Morgan fingerprint density at radius 1 is 1.00 bits per heavy atom. The van der Waals surface area contributed by atoms with Gasteiger partial charge < -0.3 is 5.32 Å². The maximum absolute atomic E-state index is 11.2. The minimum absolute atomic E-state index is 0.0392. The maximum atomic E-state index is 11.2. The fourth-order valence-corrected chi connectivity index (χ4v) is 2.10. The molecule has 1 amide bonds. The molecule has 0 heterocycles. The van der Waals surface area contributed by atoms with Crippen molar-refractivity contribution in [3.05, 3.63) is 65.7 Å². The zero-order chi connectivity index (χ0) is 13.0. The average molecular weight is 239 g/mol. The van der Waals surface area contributed by atoms with Crippen molar-refractivity contribution in [1.29, 1.82) is 0 Å². The molecule has 0 saturated carbocycles. The number of rotatable bonds is 3. The molecule has 0 spiro atoms. The Labute approximate surface area is 108 Å². The molecule has 0 aliphatic heterocycles. The molecule has 1 atom stereocenters. The van der Waals surface area contributed by atoms with Gasteiger partial charge in [0.1, 0.15) is 0 Å². The predicted molar refractivity (Wildman–Crippen MR) is 74.7 cm³/mol. The van der Waals surface area contributed by atoms with E-state index in [2.05, 4.69) is 30.4 Å². The van der Waals surface area contributed by atoms with E-state index in [1.54, 1.807) is 0 Å². The third-order valence-corrected chi connectivity index (χ3v) is 3.04. The van der Waals surface area contributed by atoms with Gasteiger partial charge >= 0.3 is 0 Å². The number of amides is 1. The molecule has 2 rings (SSSR count). The first-order valence-corrected chi connectivity index (χ1v) is 6.10. The number of benzene rings is 2. The third kappa shape index (κ3) is 2.77. The van der Waals surface area contributed by atoms with Crippen molar-refractivity contribution in [3.8, 4) is 0 Å². The largest absolute Gasteiger partial charge is 0.326 e. The highest BCUT2D eigenvalue weighted by Gasteiger charge is 2.12. The summed E-state index contributed by atoms with van der Waals surface area (Å²) in [5.74, 6) is 0.219. The van der Waals surface area contributed by atoms with Crippen LogP contribution in [0.25, 0.3) is 0 Å². The van der Waals surface area contributed by atoms with Crippen molar-refractivity contribution in [2.45, 2.75) is 19.8 Å². The van der Waals surface area contributed by atoms with Gasteiger partial charge in [0.05, 0.1) is 0 Å². The second kappa shape index (κ2) is 5.50. The zero-order valence-electron chi connectivity index (χ0n) is 10.7. The molecule has 2 aromatic carbocycles. The number of carbonyl (C=O) groups excluding carboxylic acids is 1. The summed E-state index contributed by atoms with van der Waals surface area (Å²) < 4.78 is 0. The molecule has 2 heteroatoms. The number of hydrogen-bond acceptors (Lipinski definition) is 1. The van der Waals surface area contributed by atoms with Crippen molar-refractivity contribution in [2.24, 2.45) is 0 Å². The van der Waals surface area contributed by atoms with Crippen LogP contribution in [0.5, 0.6) is 0 Å². The topological polar surface area (TPSA) is 29.1 Å². The number of nitrogens with one attached hydrogen (secondary N) is 1. The molecule has 0 bridgehead atoms. The van der Waals surface area contributed by atoms with E-state index in [9.17, 15) is 4.79 Å². The van der Waals surface area contributed by atoms with E-state index in [4.69, 9.17) is 0 Å². The monoisotopic (exact) mass is 239 g/mol. The molecule has 2 nitrogen and oxygen atoms in total. The first kappa shape index (κ1) is 12.4. The number of carbonyl (C=O) groups is 1. The van der Waals surface area contributed by atoms with Crippen LogP contribution in [0.4, 0.5) is 5.69 Å². The molecule has 0 radical (unpaired) electrons. The summed E-state index contributed by atoms with van der Waals surface area (Å²) in [5.41, 5.74) is 3.27. The van der Waals surface area contributed by atoms with Gasteiger partial charge in [-0.25, -0.2) is 0 Å². The van der Waals surface area contributed by atoms with Gasteiger partial charge in [0.25, 0.3) is 0 Å². The van der Waals surface area contributed by atoms with E-state index in [-0.39, 0.29) is 11.8 Å². The van der Waals surface area contributed by atoms with Crippen LogP contribution in [0.1, 0.15) is 30.9 Å². The Bertz CT molecular complexity index is 534. The standard InChI is InChI=1S/C16H17NO/c1-12(14-8-4-3-5-9-14)15-10-6-7-11-16(15)17-13(2)18/h3-12H,1-2H3,(H,17,18)/t12-/m1/s1. The summed E-state index contributed by atoms with van der Waals surface area (Å²) in [5, 5.41) is 2.89. The number of para-hydroxylation sites is 1. The van der Waals surface area contributed by atoms with Gasteiger partial charge in [-0.15, -0.1) is 0 Å². The molecule has 18 heavy (non-hydrogen) atoms. The van der Waals surface area contributed by atoms with Crippen molar-refractivity contribution in [2.75, 3.05) is 5.32 Å². The van der Waals surface area contributed by atoms with Crippen LogP contribution in [-0.4, -0.2) is 5.91 Å². The molecule has 1 N–H and O–H groups in total.